The van der Waals surface area contributed by atoms with Crippen LogP contribution in [-0.4, -0.2) is 69.5 Å². The molecule has 246 valence electrons. The third-order valence-corrected chi connectivity index (χ3v) is 9.85. The number of rotatable bonds is 13. The summed E-state index contributed by atoms with van der Waals surface area (Å²) in [7, 11) is -2.09. The molecule has 0 aromatic heterocycles. The number of hydrogen-bond donors (Lipinski definition) is 1. The molecule has 1 fully saturated rings. The van der Waals surface area contributed by atoms with Crippen LogP contribution in [0.25, 0.3) is 0 Å². The number of morpholine rings is 1. The Hall–Kier alpha value is -4.42. The quantitative estimate of drug-likeness (QED) is 0.216. The summed E-state index contributed by atoms with van der Waals surface area (Å²) in [5, 5.41) is 3.53. The number of nitrogens with one attached hydrogen (secondary N) is 1. The van der Waals surface area contributed by atoms with Crippen molar-refractivity contribution in [3.05, 3.63) is 125 Å². The lowest BCUT2D eigenvalue weighted by molar-refractivity contribution is -0.143. The topological polar surface area (TPSA) is 114 Å². The fourth-order valence-electron chi connectivity index (χ4n) is 5.12. The molecule has 0 saturated carbocycles. The summed E-state index contributed by atoms with van der Waals surface area (Å²) in [5.74, 6) is 0.201. The van der Waals surface area contributed by atoms with Gasteiger partial charge in [-0.05, 0) is 65.2 Å². The van der Waals surface area contributed by atoms with Crippen molar-refractivity contribution < 1.29 is 32.2 Å². The molecule has 12 heteroatoms. The maximum absolute atomic E-state index is 14.0. The van der Waals surface area contributed by atoms with Crippen LogP contribution in [0.15, 0.2) is 108 Å². The molecule has 5 rings (SSSR count). The van der Waals surface area contributed by atoms with Gasteiger partial charge >= 0.3 is 0 Å². The summed E-state index contributed by atoms with van der Waals surface area (Å²) in [6.45, 7) is 1.22. The summed E-state index contributed by atoms with van der Waals surface area (Å²) in [5.41, 5.74) is 2.26. The molecule has 1 N–H and O–H groups in total. The Bertz CT molecular complexity index is 1730. The minimum Gasteiger partial charge on any atom is -0.497 e. The zero-order valence-corrected chi connectivity index (χ0v) is 27.5. The van der Waals surface area contributed by atoms with E-state index >= 15 is 0 Å². The Morgan fingerprint density at radius 1 is 0.872 bits per heavy atom. The fraction of sp³-hybridized carbons (Fsp3) is 0.257. The van der Waals surface area contributed by atoms with Crippen molar-refractivity contribution in [1.82, 2.24) is 14.5 Å². The molecular weight excluding hydrogens is 642 g/mol. The molecular formula is C35H36ClN3O7S. The molecule has 1 saturated heterocycles. The van der Waals surface area contributed by atoms with Gasteiger partial charge in [0.25, 0.3) is 5.91 Å². The lowest BCUT2D eigenvalue weighted by Gasteiger charge is -2.31. The number of methoxy groups -OCH3 is 1. The van der Waals surface area contributed by atoms with E-state index in [0.29, 0.717) is 35.3 Å². The van der Waals surface area contributed by atoms with E-state index in [1.807, 2.05) is 42.5 Å². The minimum absolute atomic E-state index is 0.103. The van der Waals surface area contributed by atoms with E-state index in [0.717, 1.165) is 11.1 Å². The zero-order valence-electron chi connectivity index (χ0n) is 25.9. The van der Waals surface area contributed by atoms with Crippen molar-refractivity contribution in [3.8, 4) is 11.5 Å². The summed E-state index contributed by atoms with van der Waals surface area (Å²) >= 11 is 6.12. The highest BCUT2D eigenvalue weighted by atomic mass is 35.5. The second-order valence-corrected chi connectivity index (χ2v) is 13.2. The first-order valence-electron chi connectivity index (χ1n) is 15.0. The predicted molar refractivity (Wildman–Crippen MR) is 178 cm³/mol. The van der Waals surface area contributed by atoms with Gasteiger partial charge in [0.2, 0.25) is 15.9 Å². The van der Waals surface area contributed by atoms with Crippen LogP contribution in [0, 0.1) is 0 Å². The zero-order chi connectivity index (χ0) is 33.2. The van der Waals surface area contributed by atoms with Crippen LogP contribution in [-0.2, 0) is 37.4 Å². The third-order valence-electron chi connectivity index (χ3n) is 7.68. The molecule has 0 aliphatic carbocycles. The molecule has 1 aliphatic rings. The first kappa shape index (κ1) is 33.9. The van der Waals surface area contributed by atoms with E-state index in [2.05, 4.69) is 5.32 Å². The molecule has 10 nitrogen and oxygen atoms in total. The van der Waals surface area contributed by atoms with Crippen molar-refractivity contribution in [2.75, 3.05) is 40.0 Å². The van der Waals surface area contributed by atoms with Gasteiger partial charge in [-0.25, -0.2) is 8.42 Å². The first-order valence-corrected chi connectivity index (χ1v) is 16.9. The van der Waals surface area contributed by atoms with Gasteiger partial charge in [0.15, 0.2) is 6.61 Å². The monoisotopic (exact) mass is 677 g/mol. The minimum atomic E-state index is -3.68. The molecule has 1 atom stereocenters. The molecule has 1 aliphatic heterocycles. The predicted octanol–water partition coefficient (Wildman–Crippen LogP) is 4.83. The lowest BCUT2D eigenvalue weighted by atomic mass is 10.0. The second kappa shape index (κ2) is 15.9. The molecule has 4 aromatic rings. The highest BCUT2D eigenvalue weighted by Gasteiger charge is 2.32. The second-order valence-electron chi connectivity index (χ2n) is 10.8. The smallest absolute Gasteiger partial charge is 0.261 e. The molecule has 0 bridgehead atoms. The van der Waals surface area contributed by atoms with E-state index in [9.17, 15) is 18.0 Å². The average Bonchev–Trinajstić information content (AvgIpc) is 3.11. The van der Waals surface area contributed by atoms with Gasteiger partial charge in [-0.3, -0.25) is 9.59 Å². The van der Waals surface area contributed by atoms with Gasteiger partial charge in [0, 0.05) is 31.2 Å². The van der Waals surface area contributed by atoms with Gasteiger partial charge in [0.1, 0.15) is 17.5 Å². The summed E-state index contributed by atoms with van der Waals surface area (Å²) in [4.78, 5) is 29.5. The maximum Gasteiger partial charge on any atom is 0.261 e. The molecule has 0 radical (unpaired) electrons. The Morgan fingerprint density at radius 3 is 2.13 bits per heavy atom. The van der Waals surface area contributed by atoms with Crippen molar-refractivity contribution in [2.45, 2.75) is 24.0 Å². The number of ether oxygens (including phenoxy) is 3. The Kier molecular flexibility index (Phi) is 11.5. The molecule has 4 aromatic carbocycles. The number of benzene rings is 4. The van der Waals surface area contributed by atoms with E-state index in [-0.39, 0.29) is 37.0 Å². The standard InChI is InChI=1S/C35H36ClN3O7S/c1-44-30-13-9-26(10-14-30)23-37-35(41)34(28-5-3-2-4-6-28)39(24-27-7-11-29(36)12-8-27)33(40)25-46-31-15-17-32(18-16-31)47(42,43)38-19-21-45-22-20-38/h2-18,34H,19-25H2,1H3,(H,37,41)/t34-/m1/s1. The lowest BCUT2D eigenvalue weighted by Crippen LogP contribution is -2.45. The average molecular weight is 678 g/mol. The van der Waals surface area contributed by atoms with Gasteiger partial charge in [-0.1, -0.05) is 66.2 Å². The number of hydrogen-bond acceptors (Lipinski definition) is 7. The van der Waals surface area contributed by atoms with Crippen LogP contribution in [0.4, 0.5) is 0 Å². The number of halogens is 1. The largest absolute Gasteiger partial charge is 0.497 e. The van der Waals surface area contributed by atoms with Gasteiger partial charge in [-0.2, -0.15) is 4.31 Å². The first-order chi connectivity index (χ1) is 22.7. The van der Waals surface area contributed by atoms with Gasteiger partial charge < -0.3 is 24.4 Å². The molecule has 0 unspecified atom stereocenters. The SMILES string of the molecule is COc1ccc(CNC(=O)[C@@H](c2ccccc2)N(Cc2ccc(Cl)cc2)C(=O)COc2ccc(S(=O)(=O)N3CCOCC3)cc2)cc1. The van der Waals surface area contributed by atoms with Crippen LogP contribution in [0.1, 0.15) is 22.7 Å². The number of amides is 2. The van der Waals surface area contributed by atoms with Crippen LogP contribution < -0.4 is 14.8 Å². The third kappa shape index (κ3) is 8.89. The molecule has 1 heterocycles. The normalized spacial score (nSPS) is 14.2. The van der Waals surface area contributed by atoms with Crippen LogP contribution in [0.3, 0.4) is 0 Å². The Balaban J connectivity index is 1.36. The van der Waals surface area contributed by atoms with Gasteiger partial charge in [0.05, 0.1) is 25.2 Å². The van der Waals surface area contributed by atoms with Crippen molar-refractivity contribution >= 4 is 33.4 Å². The van der Waals surface area contributed by atoms with E-state index in [1.54, 1.807) is 43.5 Å². The van der Waals surface area contributed by atoms with Crippen molar-refractivity contribution in [3.63, 3.8) is 0 Å². The van der Waals surface area contributed by atoms with E-state index in [1.165, 1.54) is 33.5 Å². The van der Waals surface area contributed by atoms with E-state index in [4.69, 9.17) is 25.8 Å². The number of sulfonamides is 1. The van der Waals surface area contributed by atoms with Crippen LogP contribution in [0.2, 0.25) is 5.02 Å². The van der Waals surface area contributed by atoms with Crippen LogP contribution >= 0.6 is 11.6 Å². The fourth-order valence-corrected chi connectivity index (χ4v) is 6.65. The number of carbonyl (C=O) groups excluding carboxylic acids is 2. The van der Waals surface area contributed by atoms with Crippen LogP contribution in [0.5, 0.6) is 11.5 Å². The van der Waals surface area contributed by atoms with Crippen molar-refractivity contribution in [1.29, 1.82) is 0 Å². The Morgan fingerprint density at radius 2 is 1.49 bits per heavy atom. The Labute approximate surface area is 279 Å². The highest BCUT2D eigenvalue weighted by Crippen LogP contribution is 2.26. The number of carbonyl (C=O) groups is 2. The molecule has 0 spiro atoms. The van der Waals surface area contributed by atoms with Crippen molar-refractivity contribution in [2.24, 2.45) is 0 Å². The van der Waals surface area contributed by atoms with Gasteiger partial charge in [-0.15, -0.1) is 0 Å². The summed E-state index contributed by atoms with van der Waals surface area (Å²) in [6.07, 6.45) is 0. The van der Waals surface area contributed by atoms with E-state index < -0.39 is 28.6 Å². The molecule has 2 amide bonds. The maximum atomic E-state index is 14.0. The summed E-state index contributed by atoms with van der Waals surface area (Å²) < 4.78 is 43.8. The summed E-state index contributed by atoms with van der Waals surface area (Å²) in [6, 6.07) is 28.4. The highest BCUT2D eigenvalue weighted by molar-refractivity contribution is 7.89. The molecule has 47 heavy (non-hydrogen) atoms. The number of nitrogens with zero attached hydrogens (tertiary/aromatic N) is 2.